The summed E-state index contributed by atoms with van der Waals surface area (Å²) in [6.07, 6.45) is 12.3. The molecule has 1 aliphatic heterocycles. The molecule has 2 fully saturated rings. The number of rotatable bonds is 11. The number of hydrogen-bond donors (Lipinski definition) is 0. The van der Waals surface area contributed by atoms with E-state index in [0.717, 1.165) is 30.7 Å². The van der Waals surface area contributed by atoms with Gasteiger partial charge in [0, 0.05) is 8.80 Å². The predicted octanol–water partition coefficient (Wildman–Crippen LogP) is 10.2. The van der Waals surface area contributed by atoms with Crippen LogP contribution in [-0.2, 0) is 6.42 Å². The molecule has 1 aromatic carbocycles. The van der Waals surface area contributed by atoms with Gasteiger partial charge in [-0.05, 0) is 55.1 Å². The van der Waals surface area contributed by atoms with Gasteiger partial charge in [-0.3, -0.25) is 0 Å². The minimum atomic E-state index is -2.98. The van der Waals surface area contributed by atoms with Crippen LogP contribution < -0.4 is 0 Å². The Bertz CT molecular complexity index is 725. The third-order valence-electron chi connectivity index (χ3n) is 8.24. The Kier molecular flexibility index (Phi) is 11.1. The van der Waals surface area contributed by atoms with Crippen LogP contribution in [0.2, 0.25) is 23.2 Å². The molecule has 0 atom stereocenters. The topological polar surface area (TPSA) is 0 Å². The fraction of sp³-hybridized carbons (Fsp3) is 0.778. The number of aryl methyl sites for hydroxylation is 1. The summed E-state index contributed by atoms with van der Waals surface area (Å²) in [5, 5.41) is -0.836. The monoisotopic (exact) mass is 503 g/mol. The van der Waals surface area contributed by atoms with E-state index < -0.39 is 28.6 Å². The van der Waals surface area contributed by atoms with E-state index in [1.807, 2.05) is 0 Å². The van der Waals surface area contributed by atoms with Crippen LogP contribution in [0.4, 0.5) is 17.6 Å². The predicted molar refractivity (Wildman–Crippen MR) is 132 cm³/mol. The molecule has 33 heavy (non-hydrogen) atoms. The standard InChI is InChI=1S/C27H40ClF4Si/c1-2-3-6-15-33-16-13-21(14-17-33)20-11-9-19(10-12-20)7-4-5-8-22-18-23(29)25(28)26(30)24(22)27(31)32/h18-21,27H,2-17H2,1H3. The van der Waals surface area contributed by atoms with E-state index in [9.17, 15) is 17.6 Å². The Morgan fingerprint density at radius 1 is 0.939 bits per heavy atom. The fourth-order valence-corrected chi connectivity index (χ4v) is 9.41. The van der Waals surface area contributed by atoms with Crippen LogP contribution in [-0.4, -0.2) is 8.80 Å². The molecule has 0 nitrogen and oxygen atoms in total. The molecule has 0 N–H and O–H groups in total. The van der Waals surface area contributed by atoms with Crippen molar-refractivity contribution in [1.82, 2.24) is 0 Å². The van der Waals surface area contributed by atoms with Crippen LogP contribution in [0, 0.1) is 29.4 Å². The molecule has 6 heteroatoms. The normalized spacial score (nSPS) is 22.9. The Balaban J connectivity index is 1.35. The van der Waals surface area contributed by atoms with Gasteiger partial charge in [0.25, 0.3) is 6.43 Å². The van der Waals surface area contributed by atoms with E-state index in [0.29, 0.717) is 12.3 Å². The largest absolute Gasteiger partial charge is 0.266 e. The summed E-state index contributed by atoms with van der Waals surface area (Å²) >= 11 is 5.48. The lowest BCUT2D eigenvalue weighted by Crippen LogP contribution is -2.28. The first-order chi connectivity index (χ1) is 15.9. The van der Waals surface area contributed by atoms with Crippen LogP contribution in [0.3, 0.4) is 0 Å². The van der Waals surface area contributed by atoms with Crippen LogP contribution in [0.15, 0.2) is 6.07 Å². The maximum absolute atomic E-state index is 14.0. The highest BCUT2D eigenvalue weighted by molar-refractivity contribution is 6.58. The Morgan fingerprint density at radius 2 is 1.61 bits per heavy atom. The van der Waals surface area contributed by atoms with E-state index in [-0.39, 0.29) is 20.8 Å². The highest BCUT2D eigenvalue weighted by Crippen LogP contribution is 2.42. The fourth-order valence-electron chi connectivity index (χ4n) is 6.19. The quantitative estimate of drug-likeness (QED) is 0.122. The van der Waals surface area contributed by atoms with Crippen LogP contribution in [0.5, 0.6) is 0 Å². The molecule has 2 aliphatic rings. The van der Waals surface area contributed by atoms with Gasteiger partial charge in [0.1, 0.15) is 10.8 Å². The lowest BCUT2D eigenvalue weighted by Gasteiger charge is -2.37. The number of halogens is 5. The zero-order valence-electron chi connectivity index (χ0n) is 20.1. The Morgan fingerprint density at radius 3 is 2.24 bits per heavy atom. The molecule has 187 valence electrons. The number of hydrogen-bond acceptors (Lipinski definition) is 0. The van der Waals surface area contributed by atoms with E-state index in [2.05, 4.69) is 6.92 Å². The van der Waals surface area contributed by atoms with E-state index in [1.54, 1.807) is 0 Å². The van der Waals surface area contributed by atoms with E-state index >= 15 is 0 Å². The average Bonchev–Trinajstić information content (AvgIpc) is 2.81. The van der Waals surface area contributed by atoms with Crippen molar-refractivity contribution >= 4 is 20.4 Å². The second kappa shape index (κ2) is 13.5. The molecule has 1 saturated carbocycles. The lowest BCUT2D eigenvalue weighted by atomic mass is 9.73. The van der Waals surface area contributed by atoms with E-state index in [4.69, 9.17) is 11.6 Å². The van der Waals surface area contributed by atoms with Crippen molar-refractivity contribution in [2.75, 3.05) is 0 Å². The molecule has 0 spiro atoms. The molecule has 3 rings (SSSR count). The summed E-state index contributed by atoms with van der Waals surface area (Å²) < 4.78 is 54.3. The molecule has 1 heterocycles. The van der Waals surface area contributed by atoms with Crippen molar-refractivity contribution in [2.24, 2.45) is 17.8 Å². The lowest BCUT2D eigenvalue weighted by molar-refractivity contribution is 0.145. The summed E-state index contributed by atoms with van der Waals surface area (Å²) in [5.74, 6) is 0.315. The van der Waals surface area contributed by atoms with Gasteiger partial charge in [-0.2, -0.15) is 0 Å². The Labute approximate surface area is 204 Å². The number of unbranched alkanes of at least 4 members (excludes halogenated alkanes) is 3. The SMILES string of the molecule is CCCCC[Si]1CCC(C2CCC(CCCCc3cc(F)c(Cl)c(F)c3C(F)F)CC2)CC1. The summed E-state index contributed by atoms with van der Waals surface area (Å²) in [6, 6.07) is 5.59. The van der Waals surface area contributed by atoms with Crippen molar-refractivity contribution in [2.45, 2.75) is 115 Å². The zero-order chi connectivity index (χ0) is 23.8. The van der Waals surface area contributed by atoms with Crippen LogP contribution >= 0.6 is 11.6 Å². The summed E-state index contributed by atoms with van der Waals surface area (Å²) in [6.45, 7) is 2.29. The second-order valence-corrected chi connectivity index (χ2v) is 13.8. The number of alkyl halides is 2. The van der Waals surface area contributed by atoms with Crippen LogP contribution in [0.25, 0.3) is 0 Å². The van der Waals surface area contributed by atoms with Gasteiger partial charge in [0.15, 0.2) is 5.82 Å². The molecule has 1 aromatic rings. The molecule has 1 saturated heterocycles. The molecule has 1 aliphatic carbocycles. The molecular formula is C27H40ClF4Si. The van der Waals surface area contributed by atoms with Crippen molar-refractivity contribution in [1.29, 1.82) is 0 Å². The van der Waals surface area contributed by atoms with Gasteiger partial charge in [-0.1, -0.05) is 94.4 Å². The van der Waals surface area contributed by atoms with Crippen molar-refractivity contribution < 1.29 is 17.6 Å². The average molecular weight is 504 g/mol. The zero-order valence-corrected chi connectivity index (χ0v) is 21.8. The van der Waals surface area contributed by atoms with Gasteiger partial charge in [0.05, 0.1) is 5.56 Å². The first-order valence-electron chi connectivity index (χ1n) is 13.2. The van der Waals surface area contributed by atoms with Gasteiger partial charge < -0.3 is 0 Å². The maximum atomic E-state index is 14.0. The summed E-state index contributed by atoms with van der Waals surface area (Å²) in [5.41, 5.74) is -0.676. The molecule has 0 amide bonds. The second-order valence-electron chi connectivity index (χ2n) is 10.4. The Hall–Kier alpha value is -0.553. The molecule has 0 unspecified atom stereocenters. The van der Waals surface area contributed by atoms with Gasteiger partial charge in [0.2, 0.25) is 0 Å². The highest BCUT2D eigenvalue weighted by Gasteiger charge is 2.31. The molecule has 0 aromatic heterocycles. The van der Waals surface area contributed by atoms with Crippen LogP contribution in [0.1, 0.15) is 102 Å². The third kappa shape index (κ3) is 7.72. The summed E-state index contributed by atoms with van der Waals surface area (Å²) in [4.78, 5) is 0. The highest BCUT2D eigenvalue weighted by atomic mass is 35.5. The molecule has 1 radical (unpaired) electrons. The minimum Gasteiger partial charge on any atom is -0.205 e. The number of benzene rings is 1. The van der Waals surface area contributed by atoms with Gasteiger partial charge >= 0.3 is 0 Å². The van der Waals surface area contributed by atoms with E-state index in [1.165, 1.54) is 75.9 Å². The van der Waals surface area contributed by atoms with Crippen molar-refractivity contribution in [3.63, 3.8) is 0 Å². The minimum absolute atomic E-state index is 0.0562. The first-order valence-corrected chi connectivity index (χ1v) is 15.7. The smallest absolute Gasteiger partial charge is 0.205 e. The van der Waals surface area contributed by atoms with Gasteiger partial charge in [-0.25, -0.2) is 17.6 Å². The molecular weight excluding hydrogens is 464 g/mol. The summed E-state index contributed by atoms with van der Waals surface area (Å²) in [7, 11) is -0.0562. The first kappa shape index (κ1) is 27.0. The van der Waals surface area contributed by atoms with Crippen molar-refractivity contribution in [3.05, 3.63) is 33.9 Å². The van der Waals surface area contributed by atoms with Gasteiger partial charge in [-0.15, -0.1) is 0 Å². The molecule has 0 bridgehead atoms. The van der Waals surface area contributed by atoms with Crippen molar-refractivity contribution in [3.8, 4) is 0 Å². The third-order valence-corrected chi connectivity index (χ3v) is 11.6. The maximum Gasteiger partial charge on any atom is 0.266 e.